The lowest BCUT2D eigenvalue weighted by molar-refractivity contribution is -0.147. The Bertz CT molecular complexity index is 742. The first-order valence-corrected chi connectivity index (χ1v) is 8.09. The molecule has 2 N–H and O–H groups in total. The lowest BCUT2D eigenvalue weighted by atomic mass is 10.3. The number of carbonyl (C=O) groups excluding carboxylic acids is 3. The van der Waals surface area contributed by atoms with Crippen molar-refractivity contribution >= 4 is 23.5 Å². The molecule has 0 bridgehead atoms. The number of nitrogens with one attached hydrogen (secondary N) is 2. The van der Waals surface area contributed by atoms with E-state index in [0.29, 0.717) is 18.0 Å². The first-order chi connectivity index (χ1) is 12.6. The summed E-state index contributed by atoms with van der Waals surface area (Å²) in [5.74, 6) is -0.808. The number of furan rings is 1. The van der Waals surface area contributed by atoms with Crippen molar-refractivity contribution in [3.63, 3.8) is 0 Å². The summed E-state index contributed by atoms with van der Waals surface area (Å²) in [5.41, 5.74) is 0.501. The SMILES string of the molecule is CCOc1ccccc1NC(=O)COC(=O)CCNC(=O)c1ccco1. The van der Waals surface area contributed by atoms with Gasteiger partial charge in [0.1, 0.15) is 5.75 Å². The van der Waals surface area contributed by atoms with Crippen LogP contribution in [0, 0.1) is 0 Å². The number of anilines is 1. The van der Waals surface area contributed by atoms with Gasteiger partial charge in [0.25, 0.3) is 11.8 Å². The van der Waals surface area contributed by atoms with E-state index >= 15 is 0 Å². The van der Waals surface area contributed by atoms with E-state index in [0.717, 1.165) is 0 Å². The van der Waals surface area contributed by atoms with Gasteiger partial charge in [0.05, 0.1) is 25.0 Å². The number of carbonyl (C=O) groups is 3. The maximum atomic E-state index is 11.9. The van der Waals surface area contributed by atoms with Gasteiger partial charge in [-0.1, -0.05) is 12.1 Å². The first kappa shape index (κ1) is 19.0. The number of benzene rings is 1. The van der Waals surface area contributed by atoms with Crippen LogP contribution in [-0.2, 0) is 14.3 Å². The predicted molar refractivity (Wildman–Crippen MR) is 92.9 cm³/mol. The van der Waals surface area contributed by atoms with E-state index in [9.17, 15) is 14.4 Å². The zero-order valence-electron chi connectivity index (χ0n) is 14.3. The number of ether oxygens (including phenoxy) is 2. The zero-order chi connectivity index (χ0) is 18.8. The molecule has 1 heterocycles. The normalized spacial score (nSPS) is 10.0. The van der Waals surface area contributed by atoms with Gasteiger partial charge in [0, 0.05) is 6.54 Å². The molecule has 2 aromatic rings. The van der Waals surface area contributed by atoms with Gasteiger partial charge < -0.3 is 24.5 Å². The predicted octanol–water partition coefficient (Wildman–Crippen LogP) is 1.98. The molecule has 8 heteroatoms. The van der Waals surface area contributed by atoms with E-state index in [1.165, 1.54) is 12.3 Å². The van der Waals surface area contributed by atoms with Gasteiger partial charge in [-0.25, -0.2) is 0 Å². The van der Waals surface area contributed by atoms with Gasteiger partial charge in [-0.3, -0.25) is 14.4 Å². The van der Waals surface area contributed by atoms with Crippen LogP contribution in [0.15, 0.2) is 47.1 Å². The molecule has 2 rings (SSSR count). The van der Waals surface area contributed by atoms with Crippen molar-refractivity contribution in [3.05, 3.63) is 48.4 Å². The summed E-state index contributed by atoms with van der Waals surface area (Å²) < 4.78 is 15.2. The second-order valence-corrected chi connectivity index (χ2v) is 5.12. The van der Waals surface area contributed by atoms with Crippen LogP contribution < -0.4 is 15.4 Å². The van der Waals surface area contributed by atoms with Gasteiger partial charge >= 0.3 is 5.97 Å². The highest BCUT2D eigenvalue weighted by molar-refractivity contribution is 5.94. The molecule has 8 nitrogen and oxygen atoms in total. The Morgan fingerprint density at radius 3 is 2.65 bits per heavy atom. The van der Waals surface area contributed by atoms with E-state index in [1.807, 2.05) is 6.92 Å². The summed E-state index contributed by atoms with van der Waals surface area (Å²) in [6.07, 6.45) is 1.32. The third-order valence-electron chi connectivity index (χ3n) is 3.18. The first-order valence-electron chi connectivity index (χ1n) is 8.09. The van der Waals surface area contributed by atoms with Crippen molar-refractivity contribution in [2.45, 2.75) is 13.3 Å². The van der Waals surface area contributed by atoms with Gasteiger partial charge in [-0.15, -0.1) is 0 Å². The second kappa shape index (κ2) is 9.87. The zero-order valence-corrected chi connectivity index (χ0v) is 14.3. The van der Waals surface area contributed by atoms with Gasteiger partial charge in [-0.2, -0.15) is 0 Å². The van der Waals surface area contributed by atoms with Crippen molar-refractivity contribution < 1.29 is 28.3 Å². The number of para-hydroxylation sites is 2. The van der Waals surface area contributed by atoms with E-state index in [1.54, 1.807) is 30.3 Å². The average molecular weight is 360 g/mol. The summed E-state index contributed by atoms with van der Waals surface area (Å²) in [6.45, 7) is 1.95. The number of hydrogen-bond acceptors (Lipinski definition) is 6. The van der Waals surface area contributed by atoms with Crippen LogP contribution in [0.25, 0.3) is 0 Å². The van der Waals surface area contributed by atoms with Crippen molar-refractivity contribution in [1.82, 2.24) is 5.32 Å². The van der Waals surface area contributed by atoms with Crippen LogP contribution in [0.4, 0.5) is 5.69 Å². The molecule has 0 aliphatic rings. The lowest BCUT2D eigenvalue weighted by Gasteiger charge is -2.11. The molecular weight excluding hydrogens is 340 g/mol. The Morgan fingerprint density at radius 1 is 1.12 bits per heavy atom. The summed E-state index contributed by atoms with van der Waals surface area (Å²) in [4.78, 5) is 35.1. The highest BCUT2D eigenvalue weighted by Gasteiger charge is 2.12. The molecule has 0 atom stereocenters. The smallest absolute Gasteiger partial charge is 0.308 e. The third-order valence-corrected chi connectivity index (χ3v) is 3.18. The molecule has 26 heavy (non-hydrogen) atoms. The minimum Gasteiger partial charge on any atom is -0.492 e. The summed E-state index contributed by atoms with van der Waals surface area (Å²) in [7, 11) is 0. The molecule has 0 spiro atoms. The number of amides is 2. The Kier molecular flexibility index (Phi) is 7.23. The molecule has 0 aliphatic carbocycles. The van der Waals surface area contributed by atoms with Crippen LogP contribution >= 0.6 is 0 Å². The molecule has 1 aromatic heterocycles. The highest BCUT2D eigenvalue weighted by atomic mass is 16.5. The average Bonchev–Trinajstić information content (AvgIpc) is 3.16. The molecule has 1 aromatic carbocycles. The van der Waals surface area contributed by atoms with Crippen LogP contribution in [0.1, 0.15) is 23.9 Å². The maximum absolute atomic E-state index is 11.9. The fourth-order valence-corrected chi connectivity index (χ4v) is 2.03. The molecule has 0 aliphatic heterocycles. The fraction of sp³-hybridized carbons (Fsp3) is 0.278. The Morgan fingerprint density at radius 2 is 1.92 bits per heavy atom. The number of hydrogen-bond donors (Lipinski definition) is 2. The van der Waals surface area contributed by atoms with Crippen LogP contribution in [0.3, 0.4) is 0 Å². The summed E-state index contributed by atoms with van der Waals surface area (Å²) >= 11 is 0. The molecular formula is C18H20N2O6. The lowest BCUT2D eigenvalue weighted by Crippen LogP contribution is -2.27. The Hall–Kier alpha value is -3.29. The van der Waals surface area contributed by atoms with Gasteiger partial charge in [0.15, 0.2) is 12.4 Å². The van der Waals surface area contributed by atoms with E-state index in [2.05, 4.69) is 10.6 Å². The summed E-state index contributed by atoms with van der Waals surface area (Å²) in [6, 6.07) is 10.1. The fourth-order valence-electron chi connectivity index (χ4n) is 2.03. The van der Waals surface area contributed by atoms with Gasteiger partial charge in [-0.05, 0) is 31.2 Å². The Labute approximate surface area is 150 Å². The van der Waals surface area contributed by atoms with Crippen molar-refractivity contribution in [3.8, 4) is 5.75 Å². The molecule has 138 valence electrons. The molecule has 0 saturated carbocycles. The van der Waals surface area contributed by atoms with Crippen LogP contribution in [0.5, 0.6) is 5.75 Å². The van der Waals surface area contributed by atoms with E-state index < -0.39 is 24.4 Å². The molecule has 0 fully saturated rings. The molecule has 0 unspecified atom stereocenters. The number of rotatable bonds is 9. The van der Waals surface area contributed by atoms with Crippen molar-refractivity contribution in [2.75, 3.05) is 25.1 Å². The standard InChI is InChI=1S/C18H20N2O6/c1-2-24-14-7-4-3-6-13(14)20-16(21)12-26-17(22)9-10-19-18(23)15-8-5-11-25-15/h3-8,11H,2,9-10,12H2,1H3,(H,19,23)(H,20,21). The van der Waals surface area contributed by atoms with Crippen LogP contribution in [-0.4, -0.2) is 37.5 Å². The minimum atomic E-state index is -0.599. The second-order valence-electron chi connectivity index (χ2n) is 5.12. The molecule has 0 radical (unpaired) electrons. The van der Waals surface area contributed by atoms with Crippen molar-refractivity contribution in [1.29, 1.82) is 0 Å². The van der Waals surface area contributed by atoms with Crippen LogP contribution in [0.2, 0.25) is 0 Å². The minimum absolute atomic E-state index is 0.0603. The van der Waals surface area contributed by atoms with E-state index in [-0.39, 0.29) is 18.7 Å². The largest absolute Gasteiger partial charge is 0.492 e. The molecule has 2 amide bonds. The highest BCUT2D eigenvalue weighted by Crippen LogP contribution is 2.23. The topological polar surface area (TPSA) is 107 Å². The Balaban J connectivity index is 1.68. The third kappa shape index (κ3) is 5.97. The quantitative estimate of drug-likeness (QED) is 0.662. The molecule has 0 saturated heterocycles. The summed E-state index contributed by atoms with van der Waals surface area (Å²) in [5, 5.41) is 5.13. The van der Waals surface area contributed by atoms with Crippen molar-refractivity contribution in [2.24, 2.45) is 0 Å². The number of esters is 1. The monoisotopic (exact) mass is 360 g/mol. The van der Waals surface area contributed by atoms with Gasteiger partial charge in [0.2, 0.25) is 0 Å². The maximum Gasteiger partial charge on any atom is 0.308 e. The van der Waals surface area contributed by atoms with E-state index in [4.69, 9.17) is 13.9 Å².